The van der Waals surface area contributed by atoms with Gasteiger partial charge in [-0.05, 0) is 43.2 Å². The topological polar surface area (TPSA) is 136 Å². The van der Waals surface area contributed by atoms with Crippen LogP contribution in [0, 0.1) is 0 Å². The van der Waals surface area contributed by atoms with Gasteiger partial charge in [-0.15, -0.1) is 0 Å². The molecule has 13 heteroatoms. The van der Waals surface area contributed by atoms with Gasteiger partial charge >= 0.3 is 0 Å². The fourth-order valence-corrected chi connectivity index (χ4v) is 6.63. The van der Waals surface area contributed by atoms with Crippen molar-refractivity contribution in [2.24, 2.45) is 7.05 Å². The van der Waals surface area contributed by atoms with E-state index < -0.39 is 10.0 Å². The molecule has 0 unspecified atom stereocenters. The van der Waals surface area contributed by atoms with E-state index in [1.54, 1.807) is 36.1 Å². The second-order valence-corrected chi connectivity index (χ2v) is 12.2. The van der Waals surface area contributed by atoms with Gasteiger partial charge in [-0.25, -0.2) is 23.1 Å². The molecule has 1 aliphatic rings. The standard InChI is InChI=1S/C29H37N7O5S/c1-4-8-23-26-27(32-36(23)25-9-6-7-12-30-25)29(38)33(3)28(31-26)22-20-21(10-11-24(22)41-19-5-2)42(39,40)35-15-13-34(14-16-35)17-18-37/h6-7,9-12,20,37H,4-5,8,13-19H2,1-3H3. The van der Waals surface area contributed by atoms with Crippen molar-refractivity contribution in [1.82, 2.24) is 33.5 Å². The number of aromatic nitrogens is 5. The van der Waals surface area contributed by atoms with Gasteiger partial charge in [0.15, 0.2) is 11.3 Å². The number of aliphatic hydroxyl groups is 1. The molecule has 4 aromatic rings. The Hall–Kier alpha value is -3.65. The Balaban J connectivity index is 1.65. The van der Waals surface area contributed by atoms with Crippen LogP contribution in [0.25, 0.3) is 28.2 Å². The largest absolute Gasteiger partial charge is 0.493 e. The predicted octanol–water partition coefficient (Wildman–Crippen LogP) is 2.22. The Bertz CT molecular complexity index is 1710. The number of hydrogen-bond acceptors (Lipinski definition) is 9. The van der Waals surface area contributed by atoms with E-state index in [2.05, 4.69) is 10.1 Å². The minimum atomic E-state index is -3.83. The lowest BCUT2D eigenvalue weighted by molar-refractivity contribution is 0.151. The number of aryl methyl sites for hydroxylation is 1. The molecule has 42 heavy (non-hydrogen) atoms. The molecule has 1 fully saturated rings. The van der Waals surface area contributed by atoms with Crippen molar-refractivity contribution in [3.63, 3.8) is 0 Å². The lowest BCUT2D eigenvalue weighted by atomic mass is 10.1. The van der Waals surface area contributed by atoms with Crippen LogP contribution in [0.4, 0.5) is 0 Å². The minimum absolute atomic E-state index is 0.0339. The minimum Gasteiger partial charge on any atom is -0.493 e. The van der Waals surface area contributed by atoms with E-state index in [-0.39, 0.29) is 22.6 Å². The van der Waals surface area contributed by atoms with Gasteiger partial charge in [0.05, 0.1) is 29.4 Å². The zero-order valence-electron chi connectivity index (χ0n) is 24.2. The highest BCUT2D eigenvalue weighted by Crippen LogP contribution is 2.33. The second-order valence-electron chi connectivity index (χ2n) is 10.3. The van der Waals surface area contributed by atoms with Crippen LogP contribution in [0.2, 0.25) is 0 Å². The van der Waals surface area contributed by atoms with Crippen molar-refractivity contribution < 1.29 is 18.3 Å². The van der Waals surface area contributed by atoms with Gasteiger partial charge in [-0.3, -0.25) is 14.3 Å². The monoisotopic (exact) mass is 595 g/mol. The van der Waals surface area contributed by atoms with E-state index >= 15 is 0 Å². The highest BCUT2D eigenvalue weighted by Gasteiger charge is 2.30. The van der Waals surface area contributed by atoms with Crippen LogP contribution >= 0.6 is 0 Å². The SMILES string of the molecule is CCCOc1ccc(S(=O)(=O)N2CCN(CCO)CC2)cc1-c1nc2c(CCC)n(-c3ccccn3)nc2c(=O)n1C. The molecule has 224 valence electrons. The smallest absolute Gasteiger partial charge is 0.281 e. The number of β-amino-alcohol motifs (C(OH)–C–C–N with tert-alkyl or cyclic N) is 1. The maximum absolute atomic E-state index is 13.7. The summed E-state index contributed by atoms with van der Waals surface area (Å²) in [7, 11) is -2.23. The van der Waals surface area contributed by atoms with E-state index in [1.807, 2.05) is 36.9 Å². The Morgan fingerprint density at radius 1 is 1.02 bits per heavy atom. The summed E-state index contributed by atoms with van der Waals surface area (Å²) in [5, 5.41) is 13.8. The molecule has 0 radical (unpaired) electrons. The van der Waals surface area contributed by atoms with Gasteiger partial charge < -0.3 is 9.84 Å². The average molecular weight is 596 g/mol. The van der Waals surface area contributed by atoms with E-state index in [4.69, 9.17) is 9.72 Å². The summed E-state index contributed by atoms with van der Waals surface area (Å²) >= 11 is 0. The molecular formula is C29H37N7O5S. The molecule has 4 heterocycles. The van der Waals surface area contributed by atoms with Crippen molar-refractivity contribution in [2.75, 3.05) is 45.9 Å². The average Bonchev–Trinajstić information content (AvgIpc) is 3.37. The van der Waals surface area contributed by atoms with E-state index in [1.165, 1.54) is 8.87 Å². The maximum Gasteiger partial charge on any atom is 0.281 e. The molecule has 0 saturated carbocycles. The van der Waals surface area contributed by atoms with Crippen LogP contribution in [0.1, 0.15) is 32.4 Å². The normalized spacial score (nSPS) is 15.0. The zero-order valence-corrected chi connectivity index (χ0v) is 25.0. The first-order valence-corrected chi connectivity index (χ1v) is 15.7. The lowest BCUT2D eigenvalue weighted by Crippen LogP contribution is -2.49. The third kappa shape index (κ3) is 5.69. The third-order valence-corrected chi connectivity index (χ3v) is 9.28. The van der Waals surface area contributed by atoms with Gasteiger partial charge in [0.25, 0.3) is 5.56 Å². The summed E-state index contributed by atoms with van der Waals surface area (Å²) in [5.74, 6) is 1.32. The number of sulfonamides is 1. The lowest BCUT2D eigenvalue weighted by Gasteiger charge is -2.33. The molecule has 1 aliphatic heterocycles. The number of fused-ring (bicyclic) bond motifs is 1. The Labute approximate surface area is 245 Å². The Morgan fingerprint density at radius 3 is 2.48 bits per heavy atom. The summed E-state index contributed by atoms with van der Waals surface area (Å²) in [6.45, 7) is 6.71. The molecule has 12 nitrogen and oxygen atoms in total. The number of hydrogen-bond donors (Lipinski definition) is 1. The quantitative estimate of drug-likeness (QED) is 0.277. The van der Waals surface area contributed by atoms with Crippen molar-refractivity contribution in [2.45, 2.75) is 38.0 Å². The van der Waals surface area contributed by atoms with E-state index in [9.17, 15) is 18.3 Å². The van der Waals surface area contributed by atoms with Crippen LogP contribution in [-0.2, 0) is 23.5 Å². The van der Waals surface area contributed by atoms with Gasteiger partial charge in [0, 0.05) is 46.0 Å². The molecule has 0 spiro atoms. The molecule has 0 bridgehead atoms. The van der Waals surface area contributed by atoms with Crippen LogP contribution in [0.5, 0.6) is 5.75 Å². The summed E-state index contributed by atoms with van der Waals surface area (Å²) in [6, 6.07) is 10.2. The van der Waals surface area contributed by atoms with Crippen LogP contribution in [0.15, 0.2) is 52.3 Å². The predicted molar refractivity (Wildman–Crippen MR) is 159 cm³/mol. The molecule has 3 aromatic heterocycles. The summed E-state index contributed by atoms with van der Waals surface area (Å²) in [6.07, 6.45) is 3.83. The molecule has 0 atom stereocenters. The van der Waals surface area contributed by atoms with Crippen molar-refractivity contribution in [1.29, 1.82) is 0 Å². The van der Waals surface area contributed by atoms with E-state index in [0.717, 1.165) is 18.5 Å². The highest BCUT2D eigenvalue weighted by atomic mass is 32.2. The number of pyridine rings is 1. The molecule has 1 N–H and O–H groups in total. The number of rotatable bonds is 11. The van der Waals surface area contributed by atoms with Crippen LogP contribution in [0.3, 0.4) is 0 Å². The first kappa shape index (κ1) is 29.8. The summed E-state index contributed by atoms with van der Waals surface area (Å²) in [5.41, 5.74) is 1.49. The molecule has 1 saturated heterocycles. The number of ether oxygens (including phenoxy) is 1. The van der Waals surface area contributed by atoms with Gasteiger partial charge in [0.2, 0.25) is 10.0 Å². The fourth-order valence-electron chi connectivity index (χ4n) is 5.18. The number of nitrogens with zero attached hydrogens (tertiary/aromatic N) is 7. The van der Waals surface area contributed by atoms with Gasteiger partial charge in [0.1, 0.15) is 17.1 Å². The molecule has 0 aliphatic carbocycles. The second kappa shape index (κ2) is 12.7. The number of aliphatic hydroxyl groups excluding tert-OH is 1. The first-order valence-electron chi connectivity index (χ1n) is 14.3. The molecule has 0 amide bonds. The van der Waals surface area contributed by atoms with Crippen LogP contribution in [-0.4, -0.2) is 93.0 Å². The number of piperazine rings is 1. The third-order valence-electron chi connectivity index (χ3n) is 7.39. The Kier molecular flexibility index (Phi) is 9.02. The Morgan fingerprint density at radius 2 is 1.81 bits per heavy atom. The number of benzene rings is 1. The highest BCUT2D eigenvalue weighted by molar-refractivity contribution is 7.89. The molecular weight excluding hydrogens is 558 g/mol. The summed E-state index contributed by atoms with van der Waals surface area (Å²) < 4.78 is 38.0. The van der Waals surface area contributed by atoms with Gasteiger partial charge in [-0.2, -0.15) is 9.40 Å². The molecule has 1 aromatic carbocycles. The fraction of sp³-hybridized carbons (Fsp3) is 0.448. The molecule has 5 rings (SSSR count). The van der Waals surface area contributed by atoms with Crippen molar-refractivity contribution in [3.05, 3.63) is 58.6 Å². The van der Waals surface area contributed by atoms with E-state index in [0.29, 0.717) is 74.2 Å². The van der Waals surface area contributed by atoms with Gasteiger partial charge in [-0.1, -0.05) is 26.3 Å². The van der Waals surface area contributed by atoms with Crippen molar-refractivity contribution >= 4 is 21.1 Å². The first-order chi connectivity index (χ1) is 20.3. The van der Waals surface area contributed by atoms with Crippen molar-refractivity contribution in [3.8, 4) is 23.0 Å². The summed E-state index contributed by atoms with van der Waals surface area (Å²) in [4.78, 5) is 25.2. The van der Waals surface area contributed by atoms with Crippen LogP contribution < -0.4 is 10.3 Å². The zero-order chi connectivity index (χ0) is 29.9. The maximum atomic E-state index is 13.7.